The minimum absolute atomic E-state index is 0.0435. The predicted octanol–water partition coefficient (Wildman–Crippen LogP) is 4.31. The molecule has 0 radical (unpaired) electrons. The van der Waals surface area contributed by atoms with Gasteiger partial charge in [-0.25, -0.2) is 13.2 Å². The van der Waals surface area contributed by atoms with Gasteiger partial charge in [0, 0.05) is 16.8 Å². The SMILES string of the molecule is Cc1cc(F)c(-c2cc(F)c(F)cc2Cl)cc1N. The number of anilines is 1. The lowest BCUT2D eigenvalue weighted by Crippen LogP contribution is -1.95. The van der Waals surface area contributed by atoms with Crippen molar-refractivity contribution in [2.75, 3.05) is 5.73 Å². The van der Waals surface area contributed by atoms with Crippen molar-refractivity contribution in [1.29, 1.82) is 0 Å². The van der Waals surface area contributed by atoms with E-state index in [1.165, 1.54) is 12.1 Å². The van der Waals surface area contributed by atoms with Crippen LogP contribution in [0.15, 0.2) is 24.3 Å². The molecule has 1 nitrogen and oxygen atoms in total. The molecule has 94 valence electrons. The van der Waals surface area contributed by atoms with Crippen LogP contribution in [0.4, 0.5) is 18.9 Å². The van der Waals surface area contributed by atoms with Gasteiger partial charge in [0.15, 0.2) is 11.6 Å². The Hall–Kier alpha value is -1.68. The number of benzene rings is 2. The fourth-order valence-corrected chi connectivity index (χ4v) is 1.88. The van der Waals surface area contributed by atoms with E-state index in [0.29, 0.717) is 11.3 Å². The first kappa shape index (κ1) is 12.8. The van der Waals surface area contributed by atoms with E-state index in [0.717, 1.165) is 12.1 Å². The molecule has 0 aliphatic heterocycles. The van der Waals surface area contributed by atoms with E-state index in [9.17, 15) is 13.2 Å². The standard InChI is InChI=1S/C13H9ClF3N/c1-6-2-10(15)8(4-13(6)18)7-3-11(16)12(17)5-9(7)14/h2-5H,18H2,1H3. The van der Waals surface area contributed by atoms with E-state index in [2.05, 4.69) is 0 Å². The maximum Gasteiger partial charge on any atom is 0.160 e. The monoisotopic (exact) mass is 271 g/mol. The molecule has 0 atom stereocenters. The molecule has 2 aromatic carbocycles. The van der Waals surface area contributed by atoms with Gasteiger partial charge in [0.05, 0.1) is 5.02 Å². The first-order valence-electron chi connectivity index (χ1n) is 5.10. The van der Waals surface area contributed by atoms with Crippen LogP contribution in [0, 0.1) is 24.4 Å². The second-order valence-electron chi connectivity index (χ2n) is 3.93. The van der Waals surface area contributed by atoms with Gasteiger partial charge in [0.25, 0.3) is 0 Å². The third-order valence-corrected chi connectivity index (χ3v) is 2.97. The molecule has 0 saturated heterocycles. The smallest absolute Gasteiger partial charge is 0.160 e. The van der Waals surface area contributed by atoms with Gasteiger partial charge < -0.3 is 5.73 Å². The molecule has 2 rings (SSSR count). The summed E-state index contributed by atoms with van der Waals surface area (Å²) < 4.78 is 39.9. The molecule has 0 fully saturated rings. The van der Waals surface area contributed by atoms with Crippen molar-refractivity contribution >= 4 is 17.3 Å². The zero-order valence-corrected chi connectivity index (χ0v) is 10.2. The number of nitrogens with two attached hydrogens (primary N) is 1. The molecule has 0 heterocycles. The summed E-state index contributed by atoms with van der Waals surface area (Å²) in [6, 6.07) is 4.23. The minimum atomic E-state index is -1.09. The predicted molar refractivity (Wildman–Crippen MR) is 65.9 cm³/mol. The molecule has 18 heavy (non-hydrogen) atoms. The Kier molecular flexibility index (Phi) is 3.22. The molecule has 0 aliphatic carbocycles. The first-order valence-corrected chi connectivity index (χ1v) is 5.48. The molecular weight excluding hydrogens is 263 g/mol. The van der Waals surface area contributed by atoms with Crippen molar-refractivity contribution in [3.05, 3.63) is 52.3 Å². The lowest BCUT2D eigenvalue weighted by atomic mass is 10.0. The Labute approximate surface area is 107 Å². The molecule has 0 unspecified atom stereocenters. The average molecular weight is 272 g/mol. The van der Waals surface area contributed by atoms with Gasteiger partial charge in [0.1, 0.15) is 5.82 Å². The van der Waals surface area contributed by atoms with Crippen LogP contribution in [-0.4, -0.2) is 0 Å². The lowest BCUT2D eigenvalue weighted by molar-refractivity contribution is 0.509. The Morgan fingerprint density at radius 1 is 0.889 bits per heavy atom. The van der Waals surface area contributed by atoms with Crippen LogP contribution in [-0.2, 0) is 0 Å². The number of hydrogen-bond donors (Lipinski definition) is 1. The fraction of sp³-hybridized carbons (Fsp3) is 0.0769. The van der Waals surface area contributed by atoms with Crippen molar-refractivity contribution in [2.24, 2.45) is 0 Å². The summed E-state index contributed by atoms with van der Waals surface area (Å²) in [6.07, 6.45) is 0. The van der Waals surface area contributed by atoms with Crippen molar-refractivity contribution in [1.82, 2.24) is 0 Å². The van der Waals surface area contributed by atoms with Gasteiger partial charge in [-0.2, -0.15) is 0 Å². The second kappa shape index (κ2) is 4.53. The van der Waals surface area contributed by atoms with E-state index in [1.807, 2.05) is 0 Å². The van der Waals surface area contributed by atoms with Crippen molar-refractivity contribution in [2.45, 2.75) is 6.92 Å². The van der Waals surface area contributed by atoms with Gasteiger partial charge in [-0.1, -0.05) is 11.6 Å². The van der Waals surface area contributed by atoms with E-state index < -0.39 is 17.5 Å². The van der Waals surface area contributed by atoms with Crippen LogP contribution in [0.5, 0.6) is 0 Å². The Bertz CT molecular complexity index is 571. The van der Waals surface area contributed by atoms with Crippen LogP contribution in [0.25, 0.3) is 11.1 Å². The van der Waals surface area contributed by atoms with Crippen LogP contribution in [0.1, 0.15) is 5.56 Å². The lowest BCUT2D eigenvalue weighted by Gasteiger charge is -2.09. The number of nitrogen functional groups attached to an aromatic ring is 1. The molecule has 0 aromatic heterocycles. The fourth-order valence-electron chi connectivity index (χ4n) is 1.62. The van der Waals surface area contributed by atoms with Crippen LogP contribution < -0.4 is 5.73 Å². The molecule has 0 spiro atoms. The van der Waals surface area contributed by atoms with Gasteiger partial charge >= 0.3 is 0 Å². The van der Waals surface area contributed by atoms with E-state index in [1.54, 1.807) is 6.92 Å². The Morgan fingerprint density at radius 3 is 2.17 bits per heavy atom. The van der Waals surface area contributed by atoms with Gasteiger partial charge in [-0.15, -0.1) is 0 Å². The largest absolute Gasteiger partial charge is 0.398 e. The molecular formula is C13H9ClF3N. The van der Waals surface area contributed by atoms with E-state index in [-0.39, 0.29) is 16.1 Å². The van der Waals surface area contributed by atoms with Crippen molar-refractivity contribution < 1.29 is 13.2 Å². The first-order chi connectivity index (χ1) is 8.40. The highest BCUT2D eigenvalue weighted by Crippen LogP contribution is 2.33. The summed E-state index contributed by atoms with van der Waals surface area (Å²) >= 11 is 5.79. The molecule has 0 bridgehead atoms. The number of halogens is 4. The number of rotatable bonds is 1. The molecule has 5 heteroatoms. The molecule has 2 N–H and O–H groups in total. The summed E-state index contributed by atoms with van der Waals surface area (Å²) in [7, 11) is 0. The molecule has 0 saturated carbocycles. The summed E-state index contributed by atoms with van der Waals surface area (Å²) in [6.45, 7) is 1.65. The van der Waals surface area contributed by atoms with Crippen LogP contribution >= 0.6 is 11.6 Å². The minimum Gasteiger partial charge on any atom is -0.398 e. The summed E-state index contributed by atoms with van der Waals surface area (Å²) in [5, 5.41) is -0.0731. The van der Waals surface area contributed by atoms with Crippen molar-refractivity contribution in [3.63, 3.8) is 0 Å². The zero-order valence-electron chi connectivity index (χ0n) is 9.40. The number of hydrogen-bond acceptors (Lipinski definition) is 1. The van der Waals surface area contributed by atoms with Crippen molar-refractivity contribution in [3.8, 4) is 11.1 Å². The summed E-state index contributed by atoms with van der Waals surface area (Å²) in [5.74, 6) is -2.76. The maximum atomic E-state index is 13.8. The van der Waals surface area contributed by atoms with Crippen LogP contribution in [0.3, 0.4) is 0 Å². The topological polar surface area (TPSA) is 26.0 Å². The zero-order chi connectivity index (χ0) is 13.4. The highest BCUT2D eigenvalue weighted by Gasteiger charge is 2.14. The third-order valence-electron chi connectivity index (χ3n) is 2.66. The normalized spacial score (nSPS) is 10.7. The van der Waals surface area contributed by atoms with E-state index in [4.69, 9.17) is 17.3 Å². The average Bonchev–Trinajstić information content (AvgIpc) is 2.29. The molecule has 0 amide bonds. The van der Waals surface area contributed by atoms with E-state index >= 15 is 0 Å². The highest BCUT2D eigenvalue weighted by atomic mass is 35.5. The third kappa shape index (κ3) is 2.16. The second-order valence-corrected chi connectivity index (χ2v) is 4.34. The quantitative estimate of drug-likeness (QED) is 0.607. The highest BCUT2D eigenvalue weighted by molar-refractivity contribution is 6.33. The van der Waals surface area contributed by atoms with Gasteiger partial charge in [0.2, 0.25) is 0 Å². The Morgan fingerprint density at radius 2 is 1.50 bits per heavy atom. The number of aryl methyl sites for hydroxylation is 1. The van der Waals surface area contributed by atoms with Gasteiger partial charge in [-0.05, 0) is 36.8 Å². The summed E-state index contributed by atoms with van der Waals surface area (Å²) in [5.41, 5.74) is 6.70. The summed E-state index contributed by atoms with van der Waals surface area (Å²) in [4.78, 5) is 0. The molecule has 2 aromatic rings. The maximum absolute atomic E-state index is 13.8. The van der Waals surface area contributed by atoms with Gasteiger partial charge in [-0.3, -0.25) is 0 Å². The Balaban J connectivity index is 2.69. The van der Waals surface area contributed by atoms with Crippen LogP contribution in [0.2, 0.25) is 5.02 Å². The molecule has 0 aliphatic rings.